The molecule has 26 heavy (non-hydrogen) atoms. The standard InChI is InChI=1S/C19H16N6O/c26-19(17-14-8-4-5-9-15(14)20-22-17)24-10-11-25-16(12-24)21-23-18(25)13-6-2-1-3-7-13/h1-9H,10-12H2,(H,20,22). The van der Waals surface area contributed by atoms with E-state index in [1.165, 1.54) is 0 Å². The van der Waals surface area contributed by atoms with Gasteiger partial charge in [-0.25, -0.2) is 0 Å². The third-order valence-corrected chi connectivity index (χ3v) is 4.75. The summed E-state index contributed by atoms with van der Waals surface area (Å²) in [6.45, 7) is 1.70. The first-order valence-corrected chi connectivity index (χ1v) is 8.51. The monoisotopic (exact) mass is 344 g/mol. The topological polar surface area (TPSA) is 79.7 Å². The normalized spacial score (nSPS) is 13.8. The van der Waals surface area contributed by atoms with Crippen molar-refractivity contribution >= 4 is 16.8 Å². The summed E-state index contributed by atoms with van der Waals surface area (Å²) in [7, 11) is 0. The Morgan fingerprint density at radius 1 is 0.962 bits per heavy atom. The Kier molecular flexibility index (Phi) is 3.31. The predicted molar refractivity (Wildman–Crippen MR) is 96.3 cm³/mol. The molecular weight excluding hydrogens is 328 g/mol. The zero-order chi connectivity index (χ0) is 17.5. The van der Waals surface area contributed by atoms with Crippen molar-refractivity contribution in [1.29, 1.82) is 0 Å². The maximum Gasteiger partial charge on any atom is 0.275 e. The van der Waals surface area contributed by atoms with Crippen LogP contribution in [-0.2, 0) is 13.1 Å². The van der Waals surface area contributed by atoms with Gasteiger partial charge in [-0.05, 0) is 6.07 Å². The van der Waals surface area contributed by atoms with Crippen LogP contribution >= 0.6 is 0 Å². The van der Waals surface area contributed by atoms with Crippen molar-refractivity contribution in [3.8, 4) is 11.4 Å². The molecule has 7 nitrogen and oxygen atoms in total. The number of aromatic amines is 1. The summed E-state index contributed by atoms with van der Waals surface area (Å²) < 4.78 is 2.09. The summed E-state index contributed by atoms with van der Waals surface area (Å²) in [6.07, 6.45) is 0. The largest absolute Gasteiger partial charge is 0.328 e. The number of amides is 1. The zero-order valence-electron chi connectivity index (χ0n) is 14.0. The number of fused-ring (bicyclic) bond motifs is 2. The fraction of sp³-hybridized carbons (Fsp3) is 0.158. The SMILES string of the molecule is O=C(c1n[nH]c2ccccc12)N1CCn2c(nnc2-c2ccccc2)C1. The van der Waals surface area contributed by atoms with Gasteiger partial charge in [0.1, 0.15) is 0 Å². The van der Waals surface area contributed by atoms with Gasteiger partial charge in [0.05, 0.1) is 12.1 Å². The van der Waals surface area contributed by atoms with Crippen molar-refractivity contribution < 1.29 is 4.79 Å². The molecule has 2 aromatic heterocycles. The highest BCUT2D eigenvalue weighted by molar-refractivity contribution is 6.04. The Balaban J connectivity index is 1.44. The highest BCUT2D eigenvalue weighted by Crippen LogP contribution is 2.23. The first-order chi connectivity index (χ1) is 12.8. The van der Waals surface area contributed by atoms with Crippen LogP contribution in [0.2, 0.25) is 0 Å². The van der Waals surface area contributed by atoms with Gasteiger partial charge >= 0.3 is 0 Å². The van der Waals surface area contributed by atoms with Crippen LogP contribution in [0.5, 0.6) is 0 Å². The zero-order valence-corrected chi connectivity index (χ0v) is 14.0. The second-order valence-electron chi connectivity index (χ2n) is 6.30. The van der Waals surface area contributed by atoms with Crippen molar-refractivity contribution in [2.75, 3.05) is 6.54 Å². The molecule has 0 bridgehead atoms. The van der Waals surface area contributed by atoms with Crippen LogP contribution in [0.15, 0.2) is 54.6 Å². The van der Waals surface area contributed by atoms with E-state index in [0.29, 0.717) is 25.3 Å². The highest BCUT2D eigenvalue weighted by atomic mass is 16.2. The second-order valence-corrected chi connectivity index (χ2v) is 6.30. The highest BCUT2D eigenvalue weighted by Gasteiger charge is 2.27. The average Bonchev–Trinajstić information content (AvgIpc) is 3.32. The number of carbonyl (C=O) groups excluding carboxylic acids is 1. The van der Waals surface area contributed by atoms with Crippen molar-refractivity contribution in [2.24, 2.45) is 0 Å². The Hall–Kier alpha value is -3.48. The summed E-state index contributed by atoms with van der Waals surface area (Å²) in [5.74, 6) is 1.55. The molecule has 0 spiro atoms. The number of H-pyrrole nitrogens is 1. The van der Waals surface area contributed by atoms with E-state index >= 15 is 0 Å². The number of aromatic nitrogens is 5. The molecule has 0 aliphatic carbocycles. The maximum atomic E-state index is 12.9. The van der Waals surface area contributed by atoms with Crippen LogP contribution in [0.3, 0.4) is 0 Å². The van der Waals surface area contributed by atoms with Gasteiger partial charge in [0, 0.05) is 24.0 Å². The lowest BCUT2D eigenvalue weighted by molar-refractivity contribution is 0.0704. The van der Waals surface area contributed by atoms with Crippen LogP contribution < -0.4 is 0 Å². The van der Waals surface area contributed by atoms with Gasteiger partial charge in [-0.15, -0.1) is 10.2 Å². The first-order valence-electron chi connectivity index (χ1n) is 8.51. The van der Waals surface area contributed by atoms with Crippen LogP contribution in [0, 0.1) is 0 Å². The molecule has 0 saturated carbocycles. The van der Waals surface area contributed by atoms with E-state index in [1.54, 1.807) is 4.90 Å². The van der Waals surface area contributed by atoms with E-state index in [9.17, 15) is 4.79 Å². The van der Waals surface area contributed by atoms with Crippen LogP contribution in [0.1, 0.15) is 16.3 Å². The lowest BCUT2D eigenvalue weighted by Crippen LogP contribution is -2.38. The Morgan fingerprint density at radius 2 is 1.77 bits per heavy atom. The van der Waals surface area contributed by atoms with Gasteiger partial charge < -0.3 is 9.47 Å². The molecule has 1 aliphatic heterocycles. The van der Waals surface area contributed by atoms with Gasteiger partial charge in [0.15, 0.2) is 17.3 Å². The Labute approximate surface area is 149 Å². The van der Waals surface area contributed by atoms with Crippen LogP contribution in [-0.4, -0.2) is 42.3 Å². The summed E-state index contributed by atoms with van der Waals surface area (Å²) >= 11 is 0. The summed E-state index contributed by atoms with van der Waals surface area (Å²) in [5, 5.41) is 16.6. The van der Waals surface area contributed by atoms with Crippen molar-refractivity contribution in [2.45, 2.75) is 13.1 Å². The number of carbonyl (C=O) groups is 1. The summed E-state index contributed by atoms with van der Waals surface area (Å²) in [5.41, 5.74) is 2.35. The lowest BCUT2D eigenvalue weighted by atomic mass is 10.2. The van der Waals surface area contributed by atoms with Crippen molar-refractivity contribution in [1.82, 2.24) is 29.9 Å². The molecule has 128 valence electrons. The number of hydrogen-bond donors (Lipinski definition) is 1. The molecule has 3 heterocycles. The molecule has 1 N–H and O–H groups in total. The van der Waals surface area contributed by atoms with Gasteiger partial charge in [-0.2, -0.15) is 5.10 Å². The number of nitrogens with one attached hydrogen (secondary N) is 1. The molecular formula is C19H16N6O. The molecule has 0 atom stereocenters. The number of para-hydroxylation sites is 1. The number of nitrogens with zero attached hydrogens (tertiary/aromatic N) is 5. The molecule has 5 rings (SSSR count). The lowest BCUT2D eigenvalue weighted by Gasteiger charge is -2.27. The summed E-state index contributed by atoms with van der Waals surface area (Å²) in [4.78, 5) is 14.7. The Bertz CT molecular complexity index is 1100. The molecule has 0 unspecified atom stereocenters. The summed E-state index contributed by atoms with van der Waals surface area (Å²) in [6, 6.07) is 17.6. The van der Waals surface area contributed by atoms with Gasteiger partial charge in [-0.3, -0.25) is 9.89 Å². The first kappa shape index (κ1) is 14.8. The molecule has 7 heteroatoms. The number of rotatable bonds is 2. The minimum Gasteiger partial charge on any atom is -0.328 e. The fourth-order valence-electron chi connectivity index (χ4n) is 3.41. The smallest absolute Gasteiger partial charge is 0.275 e. The van der Waals surface area contributed by atoms with Crippen LogP contribution in [0.4, 0.5) is 0 Å². The minimum atomic E-state index is -0.0852. The second kappa shape index (κ2) is 5.80. The van der Waals surface area contributed by atoms with E-state index in [-0.39, 0.29) is 5.91 Å². The number of benzene rings is 2. The molecule has 0 radical (unpaired) electrons. The van der Waals surface area contributed by atoms with E-state index in [0.717, 1.165) is 28.1 Å². The number of hydrogen-bond acceptors (Lipinski definition) is 4. The van der Waals surface area contributed by atoms with E-state index < -0.39 is 0 Å². The van der Waals surface area contributed by atoms with Crippen LogP contribution in [0.25, 0.3) is 22.3 Å². The minimum absolute atomic E-state index is 0.0852. The predicted octanol–water partition coefficient (Wildman–Crippen LogP) is 2.48. The third-order valence-electron chi connectivity index (χ3n) is 4.75. The quantitative estimate of drug-likeness (QED) is 0.606. The van der Waals surface area contributed by atoms with Gasteiger partial charge in [-0.1, -0.05) is 48.5 Å². The maximum absolute atomic E-state index is 12.9. The van der Waals surface area contributed by atoms with Gasteiger partial charge in [0.25, 0.3) is 5.91 Å². The van der Waals surface area contributed by atoms with Gasteiger partial charge in [0.2, 0.25) is 0 Å². The molecule has 0 saturated heterocycles. The Morgan fingerprint density at radius 3 is 2.65 bits per heavy atom. The molecule has 1 aliphatic rings. The molecule has 0 fully saturated rings. The molecule has 1 amide bonds. The van der Waals surface area contributed by atoms with E-state index in [4.69, 9.17) is 0 Å². The van der Waals surface area contributed by atoms with E-state index in [2.05, 4.69) is 25.0 Å². The van der Waals surface area contributed by atoms with E-state index in [1.807, 2.05) is 54.6 Å². The van der Waals surface area contributed by atoms with Crippen molar-refractivity contribution in [3.63, 3.8) is 0 Å². The molecule has 4 aromatic rings. The average molecular weight is 344 g/mol. The fourth-order valence-corrected chi connectivity index (χ4v) is 3.41. The molecule has 2 aromatic carbocycles. The van der Waals surface area contributed by atoms with Crippen molar-refractivity contribution in [3.05, 3.63) is 66.1 Å². The third kappa shape index (κ3) is 2.28.